The Bertz CT molecular complexity index is 1480. The number of ether oxygens (including phenoxy) is 1. The van der Waals surface area contributed by atoms with Gasteiger partial charge in [0.05, 0.1) is 22.3 Å². The molecule has 1 aliphatic heterocycles. The van der Waals surface area contributed by atoms with Crippen molar-refractivity contribution in [3.05, 3.63) is 65.1 Å². The first-order valence-electron chi connectivity index (χ1n) is 10.6. The van der Waals surface area contributed by atoms with Gasteiger partial charge in [0.25, 0.3) is 11.8 Å². The number of hydrogen-bond acceptors (Lipinski definition) is 6. The molecule has 7 nitrogen and oxygen atoms in total. The molecule has 188 valence electrons. The second-order valence-electron chi connectivity index (χ2n) is 8.37. The molecule has 1 unspecified atom stereocenters. The second kappa shape index (κ2) is 8.47. The van der Waals surface area contributed by atoms with Gasteiger partial charge in [-0.2, -0.15) is 26.9 Å². The van der Waals surface area contributed by atoms with Gasteiger partial charge < -0.3 is 19.0 Å². The van der Waals surface area contributed by atoms with Gasteiger partial charge in [-0.25, -0.2) is 4.98 Å². The summed E-state index contributed by atoms with van der Waals surface area (Å²) in [4.78, 5) is 8.49. The first-order valence-corrected chi connectivity index (χ1v) is 11.0. The summed E-state index contributed by atoms with van der Waals surface area (Å²) in [5.74, 6) is -2.26. The third-order valence-corrected chi connectivity index (χ3v) is 5.95. The fourth-order valence-corrected chi connectivity index (χ4v) is 4.09. The molecule has 0 radical (unpaired) electrons. The summed E-state index contributed by atoms with van der Waals surface area (Å²) in [6.07, 6.45) is -2.78. The number of pyridine rings is 1. The Morgan fingerprint density at radius 1 is 1.25 bits per heavy atom. The maximum Gasteiger partial charge on any atom is 0.417 e. The molecule has 13 heteroatoms. The topological polar surface area (TPSA) is 77.5 Å². The maximum atomic E-state index is 13.6. The zero-order chi connectivity index (χ0) is 25.8. The molecule has 5 rings (SSSR count). The number of allylic oxidation sites excluding steroid dienone is 1. The van der Waals surface area contributed by atoms with Gasteiger partial charge in [-0.3, -0.25) is 0 Å². The van der Waals surface area contributed by atoms with Gasteiger partial charge in [-0.1, -0.05) is 23.3 Å². The van der Waals surface area contributed by atoms with Crippen molar-refractivity contribution in [3.63, 3.8) is 0 Å². The van der Waals surface area contributed by atoms with Gasteiger partial charge in [-0.05, 0) is 36.8 Å². The quantitative estimate of drug-likeness (QED) is 0.326. The van der Waals surface area contributed by atoms with Crippen LogP contribution in [0.5, 0.6) is 5.75 Å². The summed E-state index contributed by atoms with van der Waals surface area (Å²) in [7, 11) is 0. The lowest BCUT2D eigenvalue weighted by Crippen LogP contribution is -2.27. The predicted octanol–water partition coefficient (Wildman–Crippen LogP) is 5.92. The monoisotopic (exact) mass is 525 g/mol. The number of rotatable bonds is 5. The molecule has 0 spiro atoms. The number of benzene rings is 1. The van der Waals surface area contributed by atoms with Crippen LogP contribution in [0.1, 0.15) is 17.5 Å². The fourth-order valence-electron chi connectivity index (χ4n) is 3.84. The normalized spacial score (nSPS) is 17.5. The number of nitrogens with one attached hydrogen (secondary N) is 1. The van der Waals surface area contributed by atoms with Crippen molar-refractivity contribution < 1.29 is 31.2 Å². The molecular formula is C23H17ClF5N5O2. The summed E-state index contributed by atoms with van der Waals surface area (Å²) in [6, 6.07) is 5.30. The van der Waals surface area contributed by atoms with Crippen LogP contribution in [0.4, 0.5) is 22.0 Å². The van der Waals surface area contributed by atoms with E-state index in [1.165, 1.54) is 6.20 Å². The van der Waals surface area contributed by atoms with Gasteiger partial charge in [0.15, 0.2) is 5.65 Å². The van der Waals surface area contributed by atoms with Crippen molar-refractivity contribution in [2.45, 2.75) is 31.5 Å². The van der Waals surface area contributed by atoms with Crippen molar-refractivity contribution in [1.82, 2.24) is 24.8 Å². The van der Waals surface area contributed by atoms with E-state index in [9.17, 15) is 22.0 Å². The van der Waals surface area contributed by atoms with Crippen molar-refractivity contribution >= 4 is 17.2 Å². The highest BCUT2D eigenvalue weighted by molar-refractivity contribution is 6.33. The number of imidazole rings is 1. The van der Waals surface area contributed by atoms with Gasteiger partial charge in [0.1, 0.15) is 18.1 Å². The van der Waals surface area contributed by atoms with Crippen molar-refractivity contribution in [2.75, 3.05) is 6.61 Å². The van der Waals surface area contributed by atoms with Crippen LogP contribution in [0, 0.1) is 6.92 Å². The van der Waals surface area contributed by atoms with E-state index in [2.05, 4.69) is 27.0 Å². The molecule has 1 N–H and O–H groups in total. The highest BCUT2D eigenvalue weighted by atomic mass is 35.5. The highest BCUT2D eigenvalue weighted by Gasteiger charge is 2.43. The zero-order valence-corrected chi connectivity index (χ0v) is 19.3. The Morgan fingerprint density at radius 2 is 2.03 bits per heavy atom. The van der Waals surface area contributed by atoms with E-state index in [0.29, 0.717) is 16.9 Å². The Labute approximate surface area is 205 Å². The first-order chi connectivity index (χ1) is 16.9. The zero-order valence-electron chi connectivity index (χ0n) is 18.5. The summed E-state index contributed by atoms with van der Waals surface area (Å²) in [5, 5.41) is 6.39. The summed E-state index contributed by atoms with van der Waals surface area (Å²) >= 11 is 5.98. The van der Waals surface area contributed by atoms with Crippen LogP contribution < -0.4 is 10.1 Å². The van der Waals surface area contributed by atoms with Crippen LogP contribution in [0.3, 0.4) is 0 Å². The molecule has 1 atom stereocenters. The minimum absolute atomic E-state index is 0.00947. The molecule has 4 aromatic rings. The summed E-state index contributed by atoms with van der Waals surface area (Å²) in [6.45, 7) is 5.14. The molecule has 1 aliphatic rings. The molecule has 0 amide bonds. The van der Waals surface area contributed by atoms with E-state index in [4.69, 9.17) is 20.9 Å². The molecule has 1 fully saturated rings. The Hall–Kier alpha value is -3.67. The molecule has 4 heterocycles. The molecule has 1 saturated heterocycles. The maximum absolute atomic E-state index is 13.6. The molecular weight excluding hydrogens is 509 g/mol. The van der Waals surface area contributed by atoms with E-state index in [1.54, 1.807) is 25.1 Å². The van der Waals surface area contributed by atoms with Gasteiger partial charge in [-0.15, -0.1) is 0 Å². The molecule has 0 aliphatic carbocycles. The van der Waals surface area contributed by atoms with E-state index in [0.717, 1.165) is 16.7 Å². The van der Waals surface area contributed by atoms with E-state index < -0.39 is 23.7 Å². The number of nitrogens with zero attached hydrogens (tertiary/aromatic N) is 4. The standard InChI is InChI=1S/C23H17ClF5N5O2/c1-11-5-13(3-4-18(11)35-10-15-7-22(25,26)12(2)30-15)19-32-21(36-33-19)17-9-34-8-14(23(27,28)29)6-16(24)20(34)31-17/h3-6,8-9,15,30H,2,7,10H2,1H3. The lowest BCUT2D eigenvalue weighted by Gasteiger charge is -2.14. The highest BCUT2D eigenvalue weighted by Crippen LogP contribution is 2.35. The van der Waals surface area contributed by atoms with Gasteiger partial charge in [0.2, 0.25) is 5.82 Å². The minimum Gasteiger partial charge on any atom is -0.491 e. The number of alkyl halides is 5. The number of hydrogen-bond donors (Lipinski definition) is 1. The largest absolute Gasteiger partial charge is 0.491 e. The molecule has 1 aromatic carbocycles. The Kier molecular flexibility index (Phi) is 5.66. The van der Waals surface area contributed by atoms with Crippen LogP contribution in [0.25, 0.3) is 28.6 Å². The molecule has 3 aromatic heterocycles. The smallest absolute Gasteiger partial charge is 0.417 e. The van der Waals surface area contributed by atoms with Crippen molar-refractivity contribution in [3.8, 4) is 28.7 Å². The number of fused-ring (bicyclic) bond motifs is 1. The third kappa shape index (κ3) is 4.48. The molecule has 0 saturated carbocycles. The van der Waals surface area contributed by atoms with Crippen LogP contribution in [0.15, 0.2) is 53.5 Å². The van der Waals surface area contributed by atoms with Gasteiger partial charge >= 0.3 is 6.18 Å². The average Bonchev–Trinajstić information content (AvgIpc) is 3.50. The van der Waals surface area contributed by atoms with E-state index in [1.807, 2.05) is 0 Å². The number of halogens is 6. The summed E-state index contributed by atoms with van der Waals surface area (Å²) < 4.78 is 78.5. The van der Waals surface area contributed by atoms with E-state index >= 15 is 0 Å². The van der Waals surface area contributed by atoms with Gasteiger partial charge in [0, 0.05) is 24.4 Å². The Balaban J connectivity index is 1.34. The molecule has 0 bridgehead atoms. The van der Waals surface area contributed by atoms with Crippen LogP contribution in [-0.2, 0) is 6.18 Å². The lowest BCUT2D eigenvalue weighted by atomic mass is 10.1. The van der Waals surface area contributed by atoms with Crippen LogP contribution >= 0.6 is 11.6 Å². The fraction of sp³-hybridized carbons (Fsp3) is 0.261. The summed E-state index contributed by atoms with van der Waals surface area (Å²) in [5.41, 5.74) is 0.306. The minimum atomic E-state index is -4.57. The van der Waals surface area contributed by atoms with Crippen LogP contribution in [-0.4, -0.2) is 38.1 Å². The Morgan fingerprint density at radius 3 is 2.69 bits per heavy atom. The first kappa shape index (κ1) is 24.0. The molecule has 36 heavy (non-hydrogen) atoms. The van der Waals surface area contributed by atoms with Crippen LogP contribution in [0.2, 0.25) is 5.02 Å². The van der Waals surface area contributed by atoms with Crippen molar-refractivity contribution in [2.24, 2.45) is 0 Å². The number of aromatic nitrogens is 4. The average molecular weight is 526 g/mol. The van der Waals surface area contributed by atoms with Crippen molar-refractivity contribution in [1.29, 1.82) is 0 Å². The lowest BCUT2D eigenvalue weighted by molar-refractivity contribution is -0.137. The second-order valence-corrected chi connectivity index (χ2v) is 8.78. The predicted molar refractivity (Wildman–Crippen MR) is 120 cm³/mol. The SMILES string of the molecule is C=C1NC(COc2ccc(-c3noc(-c4cn5cc(C(F)(F)F)cc(Cl)c5n4)n3)cc2C)CC1(F)F. The third-order valence-electron chi connectivity index (χ3n) is 5.67. The number of aryl methyl sites for hydroxylation is 1. The van der Waals surface area contributed by atoms with E-state index in [-0.39, 0.29) is 46.8 Å².